The van der Waals surface area contributed by atoms with Gasteiger partial charge in [0.2, 0.25) is 17.6 Å². The zero-order valence-electron chi connectivity index (χ0n) is 25.7. The molecule has 3 heterocycles. The van der Waals surface area contributed by atoms with Gasteiger partial charge < -0.3 is 29.2 Å². The predicted octanol–water partition coefficient (Wildman–Crippen LogP) is 2.08. The Morgan fingerprint density at radius 2 is 1.87 bits per heavy atom. The molecule has 0 aliphatic carbocycles. The lowest BCUT2D eigenvalue weighted by molar-refractivity contribution is -0.142. The van der Waals surface area contributed by atoms with Gasteiger partial charge >= 0.3 is 0 Å². The number of hydrogen-bond donors (Lipinski definition) is 1. The summed E-state index contributed by atoms with van der Waals surface area (Å²) < 4.78 is 35.8. The molecule has 0 saturated carbocycles. The molecule has 2 aromatic carbocycles. The number of tetrazole rings is 1. The Hall–Kier alpha value is -4.14. The molecule has 14 heteroatoms. The van der Waals surface area contributed by atoms with E-state index in [4.69, 9.17) is 18.9 Å². The van der Waals surface area contributed by atoms with E-state index in [1.807, 2.05) is 0 Å². The van der Waals surface area contributed by atoms with Crippen molar-refractivity contribution < 1.29 is 32.9 Å². The second-order valence-corrected chi connectivity index (χ2v) is 10.9. The fourth-order valence-corrected chi connectivity index (χ4v) is 5.53. The standard InChI is InChI=1S/C31H40FN7O6/c1-42-26-11-8-23(19-27(26)43-2)30-34-36-39(35-30)21-28(40)38(13-4-12-37-14-17-44-18-15-37)29(22-6-9-24(32)10-7-22)31(41)33-20-25-5-3-16-45-25/h6-11,19,25,29H,3-5,12-18,20-21H2,1-2H3,(H,33,41)/t25-,29-/m1/s1. The molecular formula is C31H40FN7O6. The average molecular weight is 626 g/mol. The summed E-state index contributed by atoms with van der Waals surface area (Å²) in [4.78, 5) is 32.8. The fraction of sp³-hybridized carbons (Fsp3) is 0.516. The molecule has 242 valence electrons. The number of aromatic nitrogens is 4. The van der Waals surface area contributed by atoms with Crippen LogP contribution in [0.15, 0.2) is 42.5 Å². The van der Waals surface area contributed by atoms with Gasteiger partial charge in [0.25, 0.3) is 0 Å². The van der Waals surface area contributed by atoms with Gasteiger partial charge in [0, 0.05) is 44.9 Å². The van der Waals surface area contributed by atoms with Crippen LogP contribution in [0.5, 0.6) is 11.5 Å². The van der Waals surface area contributed by atoms with Gasteiger partial charge in [-0.2, -0.15) is 4.80 Å². The molecule has 2 aliphatic rings. The zero-order valence-corrected chi connectivity index (χ0v) is 25.7. The lowest BCUT2D eigenvalue weighted by atomic mass is 10.0. The number of hydrogen-bond acceptors (Lipinski definition) is 10. The molecule has 1 aromatic heterocycles. The van der Waals surface area contributed by atoms with E-state index in [2.05, 4.69) is 25.6 Å². The largest absolute Gasteiger partial charge is 0.493 e. The highest BCUT2D eigenvalue weighted by Gasteiger charge is 2.33. The van der Waals surface area contributed by atoms with E-state index in [0.29, 0.717) is 61.2 Å². The van der Waals surface area contributed by atoms with Gasteiger partial charge in [-0.15, -0.1) is 10.2 Å². The molecule has 45 heavy (non-hydrogen) atoms. The van der Waals surface area contributed by atoms with Crippen LogP contribution in [-0.4, -0.2) is 115 Å². The number of morpholine rings is 1. The van der Waals surface area contributed by atoms with Crippen molar-refractivity contribution in [3.63, 3.8) is 0 Å². The molecule has 0 radical (unpaired) electrons. The Labute approximate surface area is 261 Å². The molecule has 13 nitrogen and oxygen atoms in total. The third-order valence-electron chi connectivity index (χ3n) is 7.94. The van der Waals surface area contributed by atoms with Crippen molar-refractivity contribution in [1.82, 2.24) is 35.3 Å². The van der Waals surface area contributed by atoms with Gasteiger partial charge in [-0.3, -0.25) is 14.5 Å². The van der Waals surface area contributed by atoms with Crippen LogP contribution in [0.4, 0.5) is 4.39 Å². The monoisotopic (exact) mass is 625 g/mol. The van der Waals surface area contributed by atoms with Gasteiger partial charge in [-0.25, -0.2) is 4.39 Å². The number of rotatable bonds is 14. The minimum Gasteiger partial charge on any atom is -0.493 e. The number of carbonyl (C=O) groups is 2. The van der Waals surface area contributed by atoms with Crippen molar-refractivity contribution in [2.75, 3.05) is 66.8 Å². The molecule has 0 unspecified atom stereocenters. The van der Waals surface area contributed by atoms with Gasteiger partial charge in [0.05, 0.1) is 33.5 Å². The number of amides is 2. The summed E-state index contributed by atoms with van der Waals surface area (Å²) in [6, 6.07) is 9.89. The normalized spacial score (nSPS) is 17.5. The SMILES string of the molecule is COc1ccc(-c2nnn(CC(=O)N(CCCN3CCOCC3)[C@@H](C(=O)NC[C@H]3CCCO3)c3ccc(F)cc3)n2)cc1OC. The van der Waals surface area contributed by atoms with Crippen LogP contribution in [0, 0.1) is 5.82 Å². The third kappa shape index (κ3) is 8.53. The summed E-state index contributed by atoms with van der Waals surface area (Å²) in [7, 11) is 3.08. The van der Waals surface area contributed by atoms with E-state index in [1.165, 1.54) is 41.1 Å². The number of ether oxygens (including phenoxy) is 4. The molecule has 3 aromatic rings. The van der Waals surface area contributed by atoms with E-state index in [1.54, 1.807) is 25.3 Å². The van der Waals surface area contributed by atoms with Gasteiger partial charge in [0.1, 0.15) is 18.4 Å². The van der Waals surface area contributed by atoms with E-state index >= 15 is 0 Å². The van der Waals surface area contributed by atoms with Crippen LogP contribution < -0.4 is 14.8 Å². The second kappa shape index (κ2) is 15.7. The first-order chi connectivity index (χ1) is 21.9. The summed E-state index contributed by atoms with van der Waals surface area (Å²) in [6.07, 6.45) is 2.32. The van der Waals surface area contributed by atoms with Crippen LogP contribution in [-0.2, 0) is 25.6 Å². The molecule has 2 fully saturated rings. The van der Waals surface area contributed by atoms with Crippen molar-refractivity contribution >= 4 is 11.8 Å². The number of halogens is 1. The van der Waals surface area contributed by atoms with Crippen LogP contribution in [0.3, 0.4) is 0 Å². The summed E-state index contributed by atoms with van der Waals surface area (Å²) in [5.41, 5.74) is 1.13. The van der Waals surface area contributed by atoms with Crippen molar-refractivity contribution in [2.45, 2.75) is 38.0 Å². The molecule has 2 aliphatic heterocycles. The third-order valence-corrected chi connectivity index (χ3v) is 7.94. The topological polar surface area (TPSA) is 133 Å². The average Bonchev–Trinajstić information content (AvgIpc) is 3.77. The number of carbonyl (C=O) groups excluding carboxylic acids is 2. The Balaban J connectivity index is 1.37. The maximum Gasteiger partial charge on any atom is 0.247 e. The highest BCUT2D eigenvalue weighted by Crippen LogP contribution is 2.31. The van der Waals surface area contributed by atoms with Crippen molar-refractivity contribution in [3.8, 4) is 22.9 Å². The quantitative estimate of drug-likeness (QED) is 0.284. The van der Waals surface area contributed by atoms with Gasteiger partial charge in [-0.05, 0) is 60.4 Å². The van der Waals surface area contributed by atoms with Crippen LogP contribution in [0.2, 0.25) is 0 Å². The predicted molar refractivity (Wildman–Crippen MR) is 161 cm³/mol. The Bertz CT molecular complexity index is 1410. The molecule has 2 atom stereocenters. The van der Waals surface area contributed by atoms with Gasteiger partial charge in [-0.1, -0.05) is 12.1 Å². The molecule has 0 spiro atoms. The van der Waals surface area contributed by atoms with E-state index in [-0.39, 0.29) is 31.0 Å². The fourth-order valence-electron chi connectivity index (χ4n) is 5.53. The maximum atomic E-state index is 14.0. The summed E-state index contributed by atoms with van der Waals surface area (Å²) >= 11 is 0. The minimum absolute atomic E-state index is 0.0809. The first-order valence-electron chi connectivity index (χ1n) is 15.2. The Morgan fingerprint density at radius 1 is 1.09 bits per heavy atom. The Morgan fingerprint density at radius 3 is 2.58 bits per heavy atom. The molecular weight excluding hydrogens is 585 g/mol. The Kier molecular flexibility index (Phi) is 11.3. The smallest absolute Gasteiger partial charge is 0.247 e. The first-order valence-corrected chi connectivity index (χ1v) is 15.2. The molecule has 2 saturated heterocycles. The molecule has 5 rings (SSSR count). The lowest BCUT2D eigenvalue weighted by Gasteiger charge is -2.33. The highest BCUT2D eigenvalue weighted by molar-refractivity contribution is 5.88. The molecule has 1 N–H and O–H groups in total. The number of nitrogens with one attached hydrogen (secondary N) is 1. The zero-order chi connectivity index (χ0) is 31.6. The first kappa shape index (κ1) is 32.3. The van der Waals surface area contributed by atoms with E-state index in [0.717, 1.165) is 32.5 Å². The van der Waals surface area contributed by atoms with Gasteiger partial charge in [0.15, 0.2) is 11.5 Å². The second-order valence-electron chi connectivity index (χ2n) is 10.9. The van der Waals surface area contributed by atoms with Crippen LogP contribution >= 0.6 is 0 Å². The molecule has 0 bridgehead atoms. The summed E-state index contributed by atoms with van der Waals surface area (Å²) in [5.74, 6) is 0.180. The minimum atomic E-state index is -1.00. The van der Waals surface area contributed by atoms with E-state index < -0.39 is 11.9 Å². The molecule has 2 amide bonds. The lowest BCUT2D eigenvalue weighted by Crippen LogP contribution is -2.47. The van der Waals surface area contributed by atoms with Crippen molar-refractivity contribution in [1.29, 1.82) is 0 Å². The summed E-state index contributed by atoms with van der Waals surface area (Å²) in [5, 5.41) is 15.6. The van der Waals surface area contributed by atoms with Crippen LogP contribution in [0.1, 0.15) is 30.9 Å². The maximum absolute atomic E-state index is 14.0. The number of nitrogens with zero attached hydrogens (tertiary/aromatic N) is 6. The van der Waals surface area contributed by atoms with Crippen molar-refractivity contribution in [2.24, 2.45) is 0 Å². The highest BCUT2D eigenvalue weighted by atomic mass is 19.1. The van der Waals surface area contributed by atoms with Crippen LogP contribution in [0.25, 0.3) is 11.4 Å². The van der Waals surface area contributed by atoms with Crippen molar-refractivity contribution in [3.05, 3.63) is 53.8 Å². The number of methoxy groups -OCH3 is 2. The summed E-state index contributed by atoms with van der Waals surface area (Å²) in [6.45, 7) is 4.66. The van der Waals surface area contributed by atoms with E-state index in [9.17, 15) is 14.0 Å². The number of benzene rings is 2.